The third-order valence-corrected chi connectivity index (χ3v) is 3.73. The number of nitrogens with one attached hydrogen (secondary N) is 1. The summed E-state index contributed by atoms with van der Waals surface area (Å²) in [5.74, 6) is -0.427. The van der Waals surface area contributed by atoms with Gasteiger partial charge in [0.1, 0.15) is 6.61 Å². The third-order valence-electron chi connectivity index (χ3n) is 3.73. The number of ether oxygens (including phenoxy) is 1. The van der Waals surface area contributed by atoms with E-state index in [9.17, 15) is 9.59 Å². The van der Waals surface area contributed by atoms with E-state index in [1.54, 1.807) is 35.1 Å². The van der Waals surface area contributed by atoms with Crippen molar-refractivity contribution >= 4 is 17.6 Å². The number of carbonyl (C=O) groups excluding carboxylic acids is 2. The van der Waals surface area contributed by atoms with E-state index in [-0.39, 0.29) is 24.9 Å². The van der Waals surface area contributed by atoms with Crippen molar-refractivity contribution in [2.45, 2.75) is 20.0 Å². The largest absolute Gasteiger partial charge is 0.461 e. The lowest BCUT2D eigenvalue weighted by molar-refractivity contribution is -0.144. The Morgan fingerprint density at radius 3 is 2.35 bits per heavy atom. The van der Waals surface area contributed by atoms with Crippen molar-refractivity contribution in [2.24, 2.45) is 0 Å². The average Bonchev–Trinajstić information content (AvgIpc) is 3.16. The second kappa shape index (κ2) is 8.11. The van der Waals surface area contributed by atoms with Crippen LogP contribution in [0.25, 0.3) is 5.69 Å². The Kier molecular flexibility index (Phi) is 5.43. The summed E-state index contributed by atoms with van der Waals surface area (Å²) in [6.45, 7) is 1.68. The summed E-state index contributed by atoms with van der Waals surface area (Å²) >= 11 is 0. The molecule has 0 unspecified atom stereocenters. The quantitative estimate of drug-likeness (QED) is 0.694. The Labute approximate surface area is 151 Å². The highest BCUT2D eigenvalue weighted by molar-refractivity contribution is 5.88. The van der Waals surface area contributed by atoms with E-state index in [1.807, 2.05) is 36.5 Å². The van der Waals surface area contributed by atoms with Crippen LogP contribution in [0.3, 0.4) is 0 Å². The van der Waals surface area contributed by atoms with Crippen LogP contribution in [0.5, 0.6) is 0 Å². The van der Waals surface area contributed by atoms with E-state index in [0.717, 1.165) is 16.8 Å². The number of hydrogen-bond acceptors (Lipinski definition) is 4. The topological polar surface area (TPSA) is 73.2 Å². The van der Waals surface area contributed by atoms with Gasteiger partial charge < -0.3 is 10.1 Å². The van der Waals surface area contributed by atoms with Crippen LogP contribution in [-0.4, -0.2) is 21.7 Å². The predicted octanol–water partition coefficient (Wildman–Crippen LogP) is 3.12. The first kappa shape index (κ1) is 17.4. The Morgan fingerprint density at radius 2 is 1.73 bits per heavy atom. The molecule has 26 heavy (non-hydrogen) atoms. The van der Waals surface area contributed by atoms with Crippen LogP contribution in [0, 0.1) is 0 Å². The van der Waals surface area contributed by atoms with Crippen LogP contribution in [0.1, 0.15) is 18.1 Å². The molecule has 0 aliphatic heterocycles. The van der Waals surface area contributed by atoms with Crippen molar-refractivity contribution in [2.75, 3.05) is 5.32 Å². The van der Waals surface area contributed by atoms with Crippen molar-refractivity contribution in [3.8, 4) is 5.69 Å². The number of aromatic nitrogens is 2. The molecule has 0 aliphatic carbocycles. The van der Waals surface area contributed by atoms with Gasteiger partial charge in [0.2, 0.25) is 5.91 Å². The first-order chi connectivity index (χ1) is 12.6. The molecule has 3 aromatic rings. The zero-order valence-corrected chi connectivity index (χ0v) is 14.4. The summed E-state index contributed by atoms with van der Waals surface area (Å²) in [4.78, 5) is 23.0. The fourth-order valence-electron chi connectivity index (χ4n) is 2.46. The molecule has 1 amide bonds. The van der Waals surface area contributed by atoms with Gasteiger partial charge in [0.25, 0.3) is 0 Å². The molecule has 1 N–H and O–H groups in total. The van der Waals surface area contributed by atoms with Crippen molar-refractivity contribution in [3.63, 3.8) is 0 Å². The fraction of sp³-hybridized carbons (Fsp3) is 0.150. The Morgan fingerprint density at radius 1 is 1.04 bits per heavy atom. The first-order valence-corrected chi connectivity index (χ1v) is 8.21. The molecule has 0 bridgehead atoms. The standard InChI is InChI=1S/C20H19N3O3/c1-15(24)22-18-7-3-16(4-8-18)13-20(25)26-14-17-5-9-19(10-6-17)23-12-2-11-21-23/h2-12H,13-14H2,1H3,(H,22,24). The van der Waals surface area contributed by atoms with Gasteiger partial charge in [-0.1, -0.05) is 24.3 Å². The lowest BCUT2D eigenvalue weighted by atomic mass is 10.1. The normalized spacial score (nSPS) is 10.3. The second-order valence-corrected chi connectivity index (χ2v) is 5.83. The smallest absolute Gasteiger partial charge is 0.310 e. The van der Waals surface area contributed by atoms with E-state index < -0.39 is 0 Å². The Hall–Kier alpha value is -3.41. The van der Waals surface area contributed by atoms with Crippen LogP contribution >= 0.6 is 0 Å². The molecule has 0 atom stereocenters. The maximum atomic E-state index is 12.0. The van der Waals surface area contributed by atoms with Gasteiger partial charge >= 0.3 is 5.97 Å². The molecule has 0 aliphatic rings. The van der Waals surface area contributed by atoms with Gasteiger partial charge in [0.05, 0.1) is 12.1 Å². The van der Waals surface area contributed by atoms with E-state index in [1.165, 1.54) is 6.92 Å². The van der Waals surface area contributed by atoms with Gasteiger partial charge in [-0.3, -0.25) is 9.59 Å². The maximum absolute atomic E-state index is 12.0. The molecular formula is C20H19N3O3. The summed E-state index contributed by atoms with van der Waals surface area (Å²) < 4.78 is 7.09. The molecule has 0 saturated heterocycles. The number of anilines is 1. The summed E-state index contributed by atoms with van der Waals surface area (Å²) in [7, 11) is 0. The van der Waals surface area contributed by atoms with Crippen molar-refractivity contribution in [3.05, 3.63) is 78.1 Å². The maximum Gasteiger partial charge on any atom is 0.310 e. The molecule has 2 aromatic carbocycles. The molecule has 132 valence electrons. The SMILES string of the molecule is CC(=O)Nc1ccc(CC(=O)OCc2ccc(-n3cccn3)cc2)cc1. The average molecular weight is 349 g/mol. The van der Waals surface area contributed by atoms with E-state index >= 15 is 0 Å². The lowest BCUT2D eigenvalue weighted by Crippen LogP contribution is -2.09. The molecule has 0 spiro atoms. The molecule has 0 saturated carbocycles. The number of hydrogen-bond donors (Lipinski definition) is 1. The number of amides is 1. The van der Waals surface area contributed by atoms with Crippen molar-refractivity contribution < 1.29 is 14.3 Å². The van der Waals surface area contributed by atoms with Crippen LogP contribution in [0.2, 0.25) is 0 Å². The molecule has 3 rings (SSSR count). The highest BCUT2D eigenvalue weighted by Crippen LogP contribution is 2.12. The van der Waals surface area contributed by atoms with E-state index in [0.29, 0.717) is 5.69 Å². The van der Waals surface area contributed by atoms with Crippen LogP contribution in [0.15, 0.2) is 67.0 Å². The zero-order valence-electron chi connectivity index (χ0n) is 14.4. The third kappa shape index (κ3) is 4.80. The fourth-order valence-corrected chi connectivity index (χ4v) is 2.46. The summed E-state index contributed by atoms with van der Waals surface area (Å²) in [5.41, 5.74) is 3.39. The van der Waals surface area contributed by atoms with Crippen molar-refractivity contribution in [1.82, 2.24) is 9.78 Å². The summed E-state index contributed by atoms with van der Waals surface area (Å²) in [6, 6.07) is 16.7. The minimum absolute atomic E-state index is 0.129. The molecule has 0 radical (unpaired) electrons. The first-order valence-electron chi connectivity index (χ1n) is 8.21. The number of carbonyl (C=O) groups is 2. The number of benzene rings is 2. The molecule has 1 heterocycles. The van der Waals surface area contributed by atoms with Crippen LogP contribution in [-0.2, 0) is 27.4 Å². The zero-order chi connectivity index (χ0) is 18.4. The molecular weight excluding hydrogens is 330 g/mol. The number of nitrogens with zero attached hydrogens (tertiary/aromatic N) is 2. The highest BCUT2D eigenvalue weighted by atomic mass is 16.5. The van der Waals surface area contributed by atoms with Gasteiger partial charge in [-0.05, 0) is 41.5 Å². The minimum Gasteiger partial charge on any atom is -0.461 e. The molecule has 6 heteroatoms. The lowest BCUT2D eigenvalue weighted by Gasteiger charge is -2.07. The van der Waals surface area contributed by atoms with Crippen molar-refractivity contribution in [1.29, 1.82) is 0 Å². The van der Waals surface area contributed by atoms with E-state index in [4.69, 9.17) is 4.74 Å². The van der Waals surface area contributed by atoms with Gasteiger partial charge in [-0.2, -0.15) is 5.10 Å². The van der Waals surface area contributed by atoms with Gasteiger partial charge in [0.15, 0.2) is 0 Å². The monoisotopic (exact) mass is 349 g/mol. The van der Waals surface area contributed by atoms with Gasteiger partial charge in [-0.15, -0.1) is 0 Å². The van der Waals surface area contributed by atoms with Crippen LogP contribution < -0.4 is 5.32 Å². The summed E-state index contributed by atoms with van der Waals surface area (Å²) in [5, 5.41) is 6.85. The second-order valence-electron chi connectivity index (χ2n) is 5.83. The molecule has 1 aromatic heterocycles. The Balaban J connectivity index is 1.50. The number of esters is 1. The Bertz CT molecular complexity index is 870. The minimum atomic E-state index is -0.298. The van der Waals surface area contributed by atoms with Gasteiger partial charge in [-0.25, -0.2) is 4.68 Å². The van der Waals surface area contributed by atoms with Gasteiger partial charge in [0, 0.05) is 25.0 Å². The molecule has 6 nitrogen and oxygen atoms in total. The van der Waals surface area contributed by atoms with E-state index in [2.05, 4.69) is 10.4 Å². The molecule has 0 fully saturated rings. The predicted molar refractivity (Wildman–Crippen MR) is 97.8 cm³/mol. The summed E-state index contributed by atoms with van der Waals surface area (Å²) in [6.07, 6.45) is 3.77. The van der Waals surface area contributed by atoms with Crippen LogP contribution in [0.4, 0.5) is 5.69 Å². The number of rotatable bonds is 6. The highest BCUT2D eigenvalue weighted by Gasteiger charge is 2.06.